The molecule has 0 amide bonds. The molecule has 25 heavy (non-hydrogen) atoms. The third-order valence-electron chi connectivity index (χ3n) is 3.10. The van der Waals surface area contributed by atoms with Crippen LogP contribution in [-0.2, 0) is 10.9 Å². The Morgan fingerprint density at radius 3 is 2.44 bits per heavy atom. The molecule has 0 aliphatic rings. The van der Waals surface area contributed by atoms with Crippen LogP contribution in [0.25, 0.3) is 0 Å². The van der Waals surface area contributed by atoms with E-state index >= 15 is 0 Å². The number of nitrogens with zero attached hydrogens (tertiary/aromatic N) is 1. The van der Waals surface area contributed by atoms with Crippen molar-refractivity contribution in [3.8, 4) is 11.5 Å². The molecule has 0 saturated heterocycles. The largest absolute Gasteiger partial charge is 0.481 e. The summed E-state index contributed by atoms with van der Waals surface area (Å²) in [5, 5.41) is 18.3. The fraction of sp³-hybridized carbons (Fsp3) is 0.133. The minimum Gasteiger partial charge on any atom is -0.481 e. The van der Waals surface area contributed by atoms with Crippen LogP contribution in [0, 0.1) is 15.5 Å². The van der Waals surface area contributed by atoms with Crippen molar-refractivity contribution in [1.29, 1.82) is 5.41 Å². The first kappa shape index (κ1) is 18.5. The van der Waals surface area contributed by atoms with Crippen molar-refractivity contribution in [3.63, 3.8) is 0 Å². The summed E-state index contributed by atoms with van der Waals surface area (Å²) >= 11 is 5.80. The number of benzene rings is 2. The van der Waals surface area contributed by atoms with Crippen molar-refractivity contribution in [2.45, 2.75) is 6.18 Å². The second kappa shape index (κ2) is 6.98. The maximum atomic E-state index is 12.6. The topological polar surface area (TPSA) is 85.5 Å². The van der Waals surface area contributed by atoms with Crippen LogP contribution in [0.4, 0.5) is 18.9 Å². The van der Waals surface area contributed by atoms with Crippen molar-refractivity contribution >= 4 is 23.2 Å². The second-order valence-corrected chi connectivity index (χ2v) is 5.12. The first-order valence-electron chi connectivity index (χ1n) is 6.59. The number of methoxy groups -OCH3 is 1. The summed E-state index contributed by atoms with van der Waals surface area (Å²) < 4.78 is 47.9. The van der Waals surface area contributed by atoms with Gasteiger partial charge in [-0.2, -0.15) is 13.2 Å². The van der Waals surface area contributed by atoms with Gasteiger partial charge in [0.05, 0.1) is 22.6 Å². The zero-order chi connectivity index (χ0) is 18.8. The molecule has 0 atom stereocenters. The Hall–Kier alpha value is -2.81. The van der Waals surface area contributed by atoms with E-state index in [1.165, 1.54) is 13.2 Å². The smallest absolute Gasteiger partial charge is 0.416 e. The van der Waals surface area contributed by atoms with Crippen LogP contribution >= 0.6 is 11.6 Å². The molecule has 0 saturated carbocycles. The van der Waals surface area contributed by atoms with Gasteiger partial charge in [0, 0.05) is 12.1 Å². The predicted molar refractivity (Wildman–Crippen MR) is 83.5 cm³/mol. The number of halogens is 4. The number of hydrogen-bond donors (Lipinski definition) is 1. The van der Waals surface area contributed by atoms with E-state index in [1.807, 2.05) is 0 Å². The lowest BCUT2D eigenvalue weighted by Gasteiger charge is -2.12. The molecule has 2 aromatic carbocycles. The monoisotopic (exact) mass is 374 g/mol. The van der Waals surface area contributed by atoms with E-state index < -0.39 is 22.6 Å². The zero-order valence-electron chi connectivity index (χ0n) is 12.6. The van der Waals surface area contributed by atoms with Crippen LogP contribution in [0.1, 0.15) is 11.1 Å². The number of nitro groups is 1. The number of hydrogen-bond acceptors (Lipinski definition) is 5. The average molecular weight is 375 g/mol. The van der Waals surface area contributed by atoms with E-state index in [-0.39, 0.29) is 27.8 Å². The molecular formula is C15H10ClF3N2O4. The summed E-state index contributed by atoms with van der Waals surface area (Å²) in [6.45, 7) is 0. The molecule has 2 aromatic rings. The van der Waals surface area contributed by atoms with Crippen LogP contribution in [0.5, 0.6) is 11.5 Å². The maximum Gasteiger partial charge on any atom is 0.416 e. The average Bonchev–Trinajstić information content (AvgIpc) is 2.54. The molecule has 0 fully saturated rings. The first-order chi connectivity index (χ1) is 11.6. The molecule has 0 heterocycles. The van der Waals surface area contributed by atoms with Gasteiger partial charge in [0.1, 0.15) is 17.1 Å². The molecule has 10 heteroatoms. The Balaban J connectivity index is 2.38. The predicted octanol–water partition coefficient (Wildman–Crippen LogP) is 5.03. The highest BCUT2D eigenvalue weighted by atomic mass is 35.5. The number of nitrogens with one attached hydrogen (secondary N) is 1. The molecule has 2 rings (SSSR count). The van der Waals surface area contributed by atoms with Crippen molar-refractivity contribution in [3.05, 3.63) is 62.7 Å². The Morgan fingerprint density at radius 2 is 1.92 bits per heavy atom. The van der Waals surface area contributed by atoms with Crippen LogP contribution in [0.15, 0.2) is 36.4 Å². The Morgan fingerprint density at radius 1 is 1.24 bits per heavy atom. The highest BCUT2D eigenvalue weighted by Gasteiger charge is 2.31. The van der Waals surface area contributed by atoms with Crippen LogP contribution in [-0.4, -0.2) is 17.9 Å². The molecule has 1 N–H and O–H groups in total. The van der Waals surface area contributed by atoms with E-state index in [9.17, 15) is 23.3 Å². The molecule has 0 bridgehead atoms. The number of ether oxygens (including phenoxy) is 2. The lowest BCUT2D eigenvalue weighted by Crippen LogP contribution is -2.06. The zero-order valence-corrected chi connectivity index (χ0v) is 13.3. The molecule has 0 aliphatic heterocycles. The fourth-order valence-electron chi connectivity index (χ4n) is 1.92. The van der Waals surface area contributed by atoms with E-state index in [0.717, 1.165) is 24.3 Å². The normalized spacial score (nSPS) is 11.1. The van der Waals surface area contributed by atoms with Gasteiger partial charge in [-0.1, -0.05) is 11.6 Å². The summed E-state index contributed by atoms with van der Waals surface area (Å²) in [4.78, 5) is 10.3. The molecule has 0 unspecified atom stereocenters. The van der Waals surface area contributed by atoms with Crippen molar-refractivity contribution in [1.82, 2.24) is 0 Å². The molecule has 0 aromatic heterocycles. The van der Waals surface area contributed by atoms with Crippen molar-refractivity contribution < 1.29 is 27.6 Å². The van der Waals surface area contributed by atoms with Gasteiger partial charge in [-0.25, -0.2) is 0 Å². The molecule has 0 aliphatic carbocycles. The van der Waals surface area contributed by atoms with Crippen LogP contribution in [0.3, 0.4) is 0 Å². The third kappa shape index (κ3) is 4.18. The van der Waals surface area contributed by atoms with Gasteiger partial charge in [-0.15, -0.1) is 0 Å². The number of rotatable bonds is 4. The summed E-state index contributed by atoms with van der Waals surface area (Å²) in [7, 11) is 1.17. The van der Waals surface area contributed by atoms with Gasteiger partial charge >= 0.3 is 6.18 Å². The molecule has 6 nitrogen and oxygen atoms in total. The fourth-order valence-corrected chi connectivity index (χ4v) is 2.14. The summed E-state index contributed by atoms with van der Waals surface area (Å²) in [5.74, 6) is -0.488. The van der Waals surface area contributed by atoms with Crippen LogP contribution in [0.2, 0.25) is 5.02 Å². The highest BCUT2D eigenvalue weighted by molar-refractivity contribution is 6.32. The van der Waals surface area contributed by atoms with Crippen molar-refractivity contribution in [2.24, 2.45) is 0 Å². The minimum absolute atomic E-state index is 0.0454. The second-order valence-electron chi connectivity index (χ2n) is 4.71. The van der Waals surface area contributed by atoms with Crippen LogP contribution < -0.4 is 4.74 Å². The summed E-state index contributed by atoms with van der Waals surface area (Å²) in [6.07, 6.45) is -4.55. The standard InChI is InChI=1S/C15H10ClF3N2O4/c1-24-14(20)10-7-9(3-4-12(10)21(22)23)25-13-5-2-8(6-11(13)16)15(17,18)19/h2-7,20H,1H3. The van der Waals surface area contributed by atoms with Crippen molar-refractivity contribution in [2.75, 3.05) is 7.11 Å². The van der Waals surface area contributed by atoms with Gasteiger partial charge in [-0.3, -0.25) is 15.5 Å². The summed E-state index contributed by atoms with van der Waals surface area (Å²) in [5.41, 5.74) is -1.46. The molecule has 0 radical (unpaired) electrons. The molecule has 0 spiro atoms. The lowest BCUT2D eigenvalue weighted by atomic mass is 10.1. The quantitative estimate of drug-likeness (QED) is 0.352. The van der Waals surface area contributed by atoms with Gasteiger partial charge in [0.15, 0.2) is 0 Å². The Labute approximate surface area is 144 Å². The number of nitro benzene ring substituents is 1. The lowest BCUT2D eigenvalue weighted by molar-refractivity contribution is -0.385. The first-order valence-corrected chi connectivity index (χ1v) is 6.97. The SMILES string of the molecule is COC(=N)c1cc(Oc2ccc(C(F)(F)F)cc2Cl)ccc1[N+](=O)[O-]. The van der Waals surface area contributed by atoms with E-state index in [1.54, 1.807) is 0 Å². The Kier molecular flexibility index (Phi) is 5.17. The highest BCUT2D eigenvalue weighted by Crippen LogP contribution is 2.37. The van der Waals surface area contributed by atoms with E-state index in [2.05, 4.69) is 4.74 Å². The minimum atomic E-state index is -4.55. The summed E-state index contributed by atoms with van der Waals surface area (Å²) in [6, 6.07) is 6.03. The third-order valence-corrected chi connectivity index (χ3v) is 3.40. The van der Waals surface area contributed by atoms with E-state index in [4.69, 9.17) is 21.7 Å². The van der Waals surface area contributed by atoms with Gasteiger partial charge < -0.3 is 9.47 Å². The molecular weight excluding hydrogens is 365 g/mol. The number of alkyl halides is 3. The van der Waals surface area contributed by atoms with Gasteiger partial charge in [0.2, 0.25) is 5.90 Å². The molecule has 132 valence electrons. The van der Waals surface area contributed by atoms with E-state index in [0.29, 0.717) is 6.07 Å². The van der Waals surface area contributed by atoms with Gasteiger partial charge in [0.25, 0.3) is 5.69 Å². The Bertz CT molecular complexity index is 840. The van der Waals surface area contributed by atoms with Gasteiger partial charge in [-0.05, 0) is 24.3 Å². The maximum absolute atomic E-state index is 12.6.